The van der Waals surface area contributed by atoms with Gasteiger partial charge < -0.3 is 20.1 Å². The van der Waals surface area contributed by atoms with E-state index in [-0.39, 0.29) is 24.0 Å². The van der Waals surface area contributed by atoms with Crippen molar-refractivity contribution in [3.63, 3.8) is 0 Å². The summed E-state index contributed by atoms with van der Waals surface area (Å²) in [4.78, 5) is 8.44. The number of pyridine rings is 1. The van der Waals surface area contributed by atoms with Crippen molar-refractivity contribution in [2.75, 3.05) is 27.3 Å². The van der Waals surface area contributed by atoms with Gasteiger partial charge in [-0.1, -0.05) is 24.3 Å². The zero-order valence-electron chi connectivity index (χ0n) is 14.6. The minimum atomic E-state index is 0. The number of hydrogen-bond acceptors (Lipinski definition) is 4. The molecule has 0 fully saturated rings. The van der Waals surface area contributed by atoms with Gasteiger partial charge in [-0.25, -0.2) is 0 Å². The molecule has 25 heavy (non-hydrogen) atoms. The van der Waals surface area contributed by atoms with Crippen molar-refractivity contribution in [1.82, 2.24) is 15.6 Å². The van der Waals surface area contributed by atoms with E-state index in [1.165, 1.54) is 0 Å². The van der Waals surface area contributed by atoms with Gasteiger partial charge in [-0.05, 0) is 18.2 Å². The number of nitrogens with one attached hydrogen (secondary N) is 2. The van der Waals surface area contributed by atoms with E-state index in [1.54, 1.807) is 20.4 Å². The minimum absolute atomic E-state index is 0. The molecule has 0 saturated carbocycles. The van der Waals surface area contributed by atoms with Gasteiger partial charge in [-0.2, -0.15) is 0 Å². The summed E-state index contributed by atoms with van der Waals surface area (Å²) in [6.45, 7) is 2.38. The maximum absolute atomic E-state index is 5.68. The van der Waals surface area contributed by atoms with E-state index in [4.69, 9.17) is 9.47 Å². The van der Waals surface area contributed by atoms with Crippen molar-refractivity contribution in [3.8, 4) is 5.75 Å². The number of hydrogen-bond donors (Lipinski definition) is 2. The Hall–Kier alpha value is -1.87. The van der Waals surface area contributed by atoms with E-state index in [0.29, 0.717) is 26.3 Å². The second-order valence-electron chi connectivity index (χ2n) is 5.04. The van der Waals surface area contributed by atoms with Crippen LogP contribution in [0.25, 0.3) is 0 Å². The molecule has 0 bridgehead atoms. The Morgan fingerprint density at radius 1 is 1.12 bits per heavy atom. The van der Waals surface area contributed by atoms with Gasteiger partial charge in [0, 0.05) is 25.4 Å². The first-order valence-electron chi connectivity index (χ1n) is 7.87. The zero-order valence-corrected chi connectivity index (χ0v) is 16.9. The minimum Gasteiger partial charge on any atom is -0.496 e. The molecule has 0 amide bonds. The lowest BCUT2D eigenvalue weighted by Gasteiger charge is -2.12. The molecule has 0 aliphatic carbocycles. The molecule has 2 aromatic rings. The molecule has 0 spiro atoms. The number of aliphatic imine (C=N–C) groups is 1. The van der Waals surface area contributed by atoms with Crippen molar-refractivity contribution in [2.24, 2.45) is 4.99 Å². The van der Waals surface area contributed by atoms with Crippen LogP contribution < -0.4 is 15.4 Å². The molecule has 1 aromatic carbocycles. The molecule has 0 unspecified atom stereocenters. The van der Waals surface area contributed by atoms with Crippen LogP contribution in [-0.4, -0.2) is 38.3 Å². The topological polar surface area (TPSA) is 67.8 Å². The van der Waals surface area contributed by atoms with E-state index in [0.717, 1.165) is 23.0 Å². The van der Waals surface area contributed by atoms with E-state index in [2.05, 4.69) is 20.6 Å². The molecule has 2 N–H and O–H groups in total. The van der Waals surface area contributed by atoms with Gasteiger partial charge in [0.05, 0.1) is 32.6 Å². The summed E-state index contributed by atoms with van der Waals surface area (Å²) in [6, 6.07) is 13.7. The van der Waals surface area contributed by atoms with Gasteiger partial charge in [0.15, 0.2) is 5.96 Å². The summed E-state index contributed by atoms with van der Waals surface area (Å²) in [5.41, 5.74) is 2.01. The third kappa shape index (κ3) is 7.70. The molecule has 7 heteroatoms. The predicted octanol–water partition coefficient (Wildman–Crippen LogP) is 2.59. The summed E-state index contributed by atoms with van der Waals surface area (Å²) in [6.07, 6.45) is 1.78. The molecule has 0 atom stereocenters. The number of ether oxygens (including phenoxy) is 2. The average Bonchev–Trinajstić information content (AvgIpc) is 2.65. The fraction of sp³-hybridized carbons (Fsp3) is 0.333. The lowest BCUT2D eigenvalue weighted by Crippen LogP contribution is -2.38. The Labute approximate surface area is 166 Å². The summed E-state index contributed by atoms with van der Waals surface area (Å²) in [5.74, 6) is 1.57. The first kappa shape index (κ1) is 21.2. The fourth-order valence-electron chi connectivity index (χ4n) is 2.14. The molecule has 1 aromatic heterocycles. The smallest absolute Gasteiger partial charge is 0.191 e. The van der Waals surface area contributed by atoms with Crippen molar-refractivity contribution in [3.05, 3.63) is 59.9 Å². The van der Waals surface area contributed by atoms with E-state index >= 15 is 0 Å². The number of halogens is 1. The standard InChI is InChI=1S/C18H24N4O2.HI/c1-19-18(22-13-16-8-5-6-10-20-16)21-11-12-24-14-15-7-3-4-9-17(15)23-2;/h3-10H,11-14H2,1-2H3,(H2,19,21,22);1H. The molecule has 0 radical (unpaired) electrons. The number of nitrogens with zero attached hydrogens (tertiary/aromatic N) is 2. The molecule has 1 heterocycles. The molecule has 136 valence electrons. The molecular formula is C18H25IN4O2. The third-order valence-corrected chi connectivity index (χ3v) is 3.38. The first-order valence-corrected chi connectivity index (χ1v) is 7.87. The van der Waals surface area contributed by atoms with Crippen LogP contribution in [0.15, 0.2) is 53.7 Å². The van der Waals surface area contributed by atoms with E-state index < -0.39 is 0 Å². The largest absolute Gasteiger partial charge is 0.496 e. The summed E-state index contributed by atoms with van der Waals surface area (Å²) in [5, 5.41) is 6.42. The lowest BCUT2D eigenvalue weighted by molar-refractivity contribution is 0.123. The Kier molecular flexibility index (Phi) is 10.6. The fourth-order valence-corrected chi connectivity index (χ4v) is 2.14. The van der Waals surface area contributed by atoms with Crippen LogP contribution in [0.4, 0.5) is 0 Å². The second-order valence-corrected chi connectivity index (χ2v) is 5.04. The van der Waals surface area contributed by atoms with Crippen molar-refractivity contribution in [1.29, 1.82) is 0 Å². The Balaban J connectivity index is 0.00000312. The van der Waals surface area contributed by atoms with Gasteiger partial charge in [-0.15, -0.1) is 24.0 Å². The molecule has 6 nitrogen and oxygen atoms in total. The molecule has 2 rings (SSSR count). The maximum atomic E-state index is 5.68. The number of guanidine groups is 1. The van der Waals surface area contributed by atoms with Gasteiger partial charge in [-0.3, -0.25) is 9.98 Å². The van der Waals surface area contributed by atoms with E-state index in [9.17, 15) is 0 Å². The lowest BCUT2D eigenvalue weighted by atomic mass is 10.2. The van der Waals surface area contributed by atoms with Crippen molar-refractivity contribution < 1.29 is 9.47 Å². The maximum Gasteiger partial charge on any atom is 0.191 e. The number of rotatable bonds is 8. The van der Waals surface area contributed by atoms with Crippen LogP contribution in [-0.2, 0) is 17.9 Å². The highest BCUT2D eigenvalue weighted by atomic mass is 127. The Bertz CT molecular complexity index is 638. The van der Waals surface area contributed by atoms with Gasteiger partial charge >= 0.3 is 0 Å². The normalized spacial score (nSPS) is 10.7. The molecule has 0 aliphatic rings. The summed E-state index contributed by atoms with van der Waals surface area (Å²) < 4.78 is 11.0. The quantitative estimate of drug-likeness (QED) is 0.277. The first-order chi connectivity index (χ1) is 11.8. The third-order valence-electron chi connectivity index (χ3n) is 3.38. The van der Waals surface area contributed by atoms with Crippen LogP contribution >= 0.6 is 24.0 Å². The summed E-state index contributed by atoms with van der Waals surface area (Å²) in [7, 11) is 3.40. The van der Waals surface area contributed by atoms with Crippen LogP contribution in [0.1, 0.15) is 11.3 Å². The number of methoxy groups -OCH3 is 1. The van der Waals surface area contributed by atoms with Gasteiger partial charge in [0.1, 0.15) is 5.75 Å². The number of para-hydroxylation sites is 1. The number of benzene rings is 1. The average molecular weight is 456 g/mol. The highest BCUT2D eigenvalue weighted by Gasteiger charge is 2.02. The summed E-state index contributed by atoms with van der Waals surface area (Å²) >= 11 is 0. The highest BCUT2D eigenvalue weighted by molar-refractivity contribution is 14.0. The highest BCUT2D eigenvalue weighted by Crippen LogP contribution is 2.17. The van der Waals surface area contributed by atoms with Gasteiger partial charge in [0.2, 0.25) is 0 Å². The van der Waals surface area contributed by atoms with Crippen molar-refractivity contribution >= 4 is 29.9 Å². The second kappa shape index (κ2) is 12.5. The van der Waals surface area contributed by atoms with E-state index in [1.807, 2.05) is 42.5 Å². The molecular weight excluding hydrogens is 431 g/mol. The Morgan fingerprint density at radius 3 is 2.64 bits per heavy atom. The zero-order chi connectivity index (χ0) is 17.0. The van der Waals surface area contributed by atoms with Gasteiger partial charge in [0.25, 0.3) is 0 Å². The molecule has 0 saturated heterocycles. The van der Waals surface area contributed by atoms with Crippen molar-refractivity contribution in [2.45, 2.75) is 13.2 Å². The van der Waals surface area contributed by atoms with Crippen LogP contribution in [0.2, 0.25) is 0 Å². The monoisotopic (exact) mass is 456 g/mol. The Morgan fingerprint density at radius 2 is 1.92 bits per heavy atom. The van der Waals surface area contributed by atoms with Crippen LogP contribution in [0.3, 0.4) is 0 Å². The van der Waals surface area contributed by atoms with Crippen LogP contribution in [0.5, 0.6) is 5.75 Å². The number of aromatic nitrogens is 1. The molecule has 0 aliphatic heterocycles. The predicted molar refractivity (Wildman–Crippen MR) is 111 cm³/mol. The SMILES string of the molecule is CN=C(NCCOCc1ccccc1OC)NCc1ccccn1.I. The van der Waals surface area contributed by atoms with Crippen LogP contribution in [0, 0.1) is 0 Å².